The number of fused-ring (bicyclic) bond motifs is 5. The van der Waals surface area contributed by atoms with Crippen LogP contribution in [0.5, 0.6) is 0 Å². The highest BCUT2D eigenvalue weighted by molar-refractivity contribution is 5.53. The van der Waals surface area contributed by atoms with Gasteiger partial charge in [-0.15, -0.1) is 0 Å². The summed E-state index contributed by atoms with van der Waals surface area (Å²) < 4.78 is 0. The van der Waals surface area contributed by atoms with Gasteiger partial charge in [0.1, 0.15) is 5.82 Å². The lowest BCUT2D eigenvalue weighted by Gasteiger charge is -2.15. The van der Waals surface area contributed by atoms with Crippen LogP contribution in [0.1, 0.15) is 42.4 Å². The van der Waals surface area contributed by atoms with Gasteiger partial charge >= 0.3 is 0 Å². The number of nitrogen functional groups attached to an aromatic ring is 2. The van der Waals surface area contributed by atoms with E-state index in [9.17, 15) is 0 Å². The van der Waals surface area contributed by atoms with Crippen molar-refractivity contribution in [3.8, 4) is 0 Å². The first kappa shape index (κ1) is 7.12. The zero-order valence-corrected chi connectivity index (χ0v) is 7.33. The molecule has 0 aliphatic heterocycles. The van der Waals surface area contributed by atoms with E-state index in [0.717, 1.165) is 5.69 Å². The first-order valence-corrected chi connectivity index (χ1v) is 4.68. The maximum absolute atomic E-state index is 5.83. The van der Waals surface area contributed by atoms with Gasteiger partial charge in [-0.25, -0.2) is 4.98 Å². The smallest absolute Gasteiger partial charge is 0.222 e. The van der Waals surface area contributed by atoms with Crippen LogP contribution in [0.15, 0.2) is 0 Å². The molecule has 4 nitrogen and oxygen atoms in total. The number of nitrogens with zero attached hydrogens (tertiary/aromatic N) is 2. The van der Waals surface area contributed by atoms with Crippen LogP contribution in [-0.2, 0) is 0 Å². The summed E-state index contributed by atoms with van der Waals surface area (Å²) >= 11 is 0. The van der Waals surface area contributed by atoms with E-state index in [2.05, 4.69) is 9.97 Å². The Hall–Kier alpha value is -1.32. The van der Waals surface area contributed by atoms with E-state index < -0.39 is 0 Å². The maximum atomic E-state index is 5.83. The van der Waals surface area contributed by atoms with Crippen molar-refractivity contribution in [1.29, 1.82) is 0 Å². The Kier molecular flexibility index (Phi) is 1.17. The largest absolute Gasteiger partial charge is 0.383 e. The van der Waals surface area contributed by atoms with Gasteiger partial charge in [0, 0.05) is 11.5 Å². The molecule has 3 rings (SSSR count). The van der Waals surface area contributed by atoms with Crippen molar-refractivity contribution in [2.75, 3.05) is 11.5 Å². The number of rotatable bonds is 0. The molecule has 0 saturated heterocycles. The van der Waals surface area contributed by atoms with Crippen LogP contribution in [0.2, 0.25) is 0 Å². The number of anilines is 2. The van der Waals surface area contributed by atoms with Crippen LogP contribution in [0.3, 0.4) is 0 Å². The van der Waals surface area contributed by atoms with Gasteiger partial charge in [-0.1, -0.05) is 0 Å². The van der Waals surface area contributed by atoms with E-state index in [4.69, 9.17) is 11.5 Å². The second kappa shape index (κ2) is 2.13. The third-order valence-corrected chi connectivity index (χ3v) is 3.25. The van der Waals surface area contributed by atoms with Crippen molar-refractivity contribution < 1.29 is 0 Å². The Bertz CT molecular complexity index is 374. The highest BCUT2D eigenvalue weighted by Crippen LogP contribution is 2.53. The van der Waals surface area contributed by atoms with Gasteiger partial charge < -0.3 is 11.5 Å². The lowest BCUT2D eigenvalue weighted by atomic mass is 9.96. The predicted octanol–water partition coefficient (Wildman–Crippen LogP) is 1.01. The van der Waals surface area contributed by atoms with Crippen LogP contribution in [0, 0.1) is 0 Å². The molecule has 2 aliphatic rings. The van der Waals surface area contributed by atoms with Crippen LogP contribution < -0.4 is 11.5 Å². The van der Waals surface area contributed by atoms with E-state index >= 15 is 0 Å². The molecule has 1 aromatic rings. The summed E-state index contributed by atoms with van der Waals surface area (Å²) in [6.45, 7) is 0. The molecule has 4 heteroatoms. The second-order valence-corrected chi connectivity index (χ2v) is 3.97. The number of aromatic nitrogens is 2. The fraction of sp³-hybridized carbons (Fsp3) is 0.556. The fourth-order valence-corrected chi connectivity index (χ4v) is 2.75. The van der Waals surface area contributed by atoms with Gasteiger partial charge in [-0.05, 0) is 25.2 Å². The normalized spacial score (nSPS) is 29.2. The van der Waals surface area contributed by atoms with Gasteiger partial charge in [-0.3, -0.25) is 0 Å². The second-order valence-electron chi connectivity index (χ2n) is 3.97. The average molecular weight is 176 g/mol. The van der Waals surface area contributed by atoms with Gasteiger partial charge in [0.15, 0.2) is 0 Å². The number of nitrogens with two attached hydrogens (primary N) is 2. The summed E-state index contributed by atoms with van der Waals surface area (Å²) in [5.74, 6) is 2.15. The highest BCUT2D eigenvalue weighted by Gasteiger charge is 2.40. The standard InChI is InChI=1S/C9H12N4/c10-8-6-4-1-2-5(3-4)7(6)12-9(11)13-8/h4-5H,1-3H2,(H4,10,11,12,13). The Morgan fingerprint density at radius 2 is 1.85 bits per heavy atom. The lowest BCUT2D eigenvalue weighted by molar-refractivity contribution is 0.695. The molecule has 1 saturated carbocycles. The summed E-state index contributed by atoms with van der Waals surface area (Å²) in [6.07, 6.45) is 3.69. The summed E-state index contributed by atoms with van der Waals surface area (Å²) in [5.41, 5.74) is 13.7. The quantitative estimate of drug-likeness (QED) is 0.618. The summed E-state index contributed by atoms with van der Waals surface area (Å²) in [5, 5.41) is 0. The van der Waals surface area contributed by atoms with Crippen LogP contribution >= 0.6 is 0 Å². The van der Waals surface area contributed by atoms with Crippen LogP contribution in [-0.4, -0.2) is 9.97 Å². The third kappa shape index (κ3) is 0.802. The van der Waals surface area contributed by atoms with Crippen molar-refractivity contribution in [3.05, 3.63) is 11.3 Å². The molecule has 0 spiro atoms. The molecular weight excluding hydrogens is 164 g/mol. The van der Waals surface area contributed by atoms with E-state index in [1.165, 1.54) is 24.8 Å². The van der Waals surface area contributed by atoms with Gasteiger partial charge in [-0.2, -0.15) is 4.98 Å². The van der Waals surface area contributed by atoms with Gasteiger partial charge in [0.25, 0.3) is 0 Å². The topological polar surface area (TPSA) is 77.8 Å². The minimum absolute atomic E-state index is 0.323. The molecule has 2 unspecified atom stereocenters. The molecule has 68 valence electrons. The third-order valence-electron chi connectivity index (χ3n) is 3.25. The maximum Gasteiger partial charge on any atom is 0.222 e. The minimum Gasteiger partial charge on any atom is -0.383 e. The van der Waals surface area contributed by atoms with Crippen molar-refractivity contribution in [2.24, 2.45) is 0 Å². The van der Waals surface area contributed by atoms with Crippen molar-refractivity contribution in [3.63, 3.8) is 0 Å². The summed E-state index contributed by atoms with van der Waals surface area (Å²) in [7, 11) is 0. The lowest BCUT2D eigenvalue weighted by Crippen LogP contribution is -2.10. The monoisotopic (exact) mass is 176 g/mol. The summed E-state index contributed by atoms with van der Waals surface area (Å²) in [4.78, 5) is 8.29. The number of hydrogen-bond donors (Lipinski definition) is 2. The Morgan fingerprint density at radius 1 is 1.08 bits per heavy atom. The van der Waals surface area contributed by atoms with E-state index in [1.807, 2.05) is 0 Å². The van der Waals surface area contributed by atoms with Crippen LogP contribution in [0.4, 0.5) is 11.8 Å². The number of hydrogen-bond acceptors (Lipinski definition) is 4. The van der Waals surface area contributed by atoms with Crippen molar-refractivity contribution in [1.82, 2.24) is 9.97 Å². The summed E-state index contributed by atoms with van der Waals surface area (Å²) in [6, 6.07) is 0. The first-order valence-electron chi connectivity index (χ1n) is 4.68. The Morgan fingerprint density at radius 3 is 2.69 bits per heavy atom. The Labute approximate surface area is 76.4 Å². The molecule has 1 aromatic heterocycles. The SMILES string of the molecule is Nc1nc(N)c2c(n1)C1CCC2C1. The molecule has 13 heavy (non-hydrogen) atoms. The van der Waals surface area contributed by atoms with E-state index in [0.29, 0.717) is 23.6 Å². The van der Waals surface area contributed by atoms with Crippen molar-refractivity contribution >= 4 is 11.8 Å². The zero-order chi connectivity index (χ0) is 9.00. The molecule has 2 atom stereocenters. The average Bonchev–Trinajstić information content (AvgIpc) is 2.62. The first-order chi connectivity index (χ1) is 6.25. The highest BCUT2D eigenvalue weighted by atomic mass is 15.0. The minimum atomic E-state index is 0.323. The predicted molar refractivity (Wildman–Crippen MR) is 50.2 cm³/mol. The fourth-order valence-electron chi connectivity index (χ4n) is 2.75. The molecular formula is C9H12N4. The molecule has 1 heterocycles. The molecule has 0 amide bonds. The Balaban J connectivity index is 2.26. The molecule has 4 N–H and O–H groups in total. The van der Waals surface area contributed by atoms with Gasteiger partial charge in [0.2, 0.25) is 5.95 Å². The molecule has 2 aliphatic carbocycles. The van der Waals surface area contributed by atoms with E-state index in [1.54, 1.807) is 0 Å². The molecule has 2 bridgehead atoms. The molecule has 0 radical (unpaired) electrons. The van der Waals surface area contributed by atoms with Crippen LogP contribution in [0.25, 0.3) is 0 Å². The van der Waals surface area contributed by atoms with E-state index in [-0.39, 0.29) is 0 Å². The van der Waals surface area contributed by atoms with Crippen molar-refractivity contribution in [2.45, 2.75) is 31.1 Å². The molecule has 1 fully saturated rings. The zero-order valence-electron chi connectivity index (χ0n) is 7.33. The molecule has 0 aromatic carbocycles. The van der Waals surface area contributed by atoms with Gasteiger partial charge in [0.05, 0.1) is 5.69 Å².